The average Bonchev–Trinajstić information content (AvgIpc) is 2.72. The van der Waals surface area contributed by atoms with Gasteiger partial charge in [0.1, 0.15) is 17.1 Å². The molecular weight excluding hydrogens is 416 g/mol. The number of fused-ring (bicyclic) bond motifs is 2. The third-order valence-corrected chi connectivity index (χ3v) is 5.04. The summed E-state index contributed by atoms with van der Waals surface area (Å²) in [6, 6.07) is 13.9. The molecule has 0 unspecified atom stereocenters. The second-order valence-corrected chi connectivity index (χ2v) is 7.27. The molecule has 4 N–H and O–H groups in total. The Morgan fingerprint density at radius 3 is 2.58 bits per heavy atom. The SMILES string of the molecule is CCNC(=S)Nc1ccc(-c2c3ccc(=O)cc-3oc3cc(O)ccc23)c(C(=O)O)c1. The van der Waals surface area contributed by atoms with Gasteiger partial charge in [0.05, 0.1) is 5.56 Å². The van der Waals surface area contributed by atoms with E-state index in [1.807, 2.05) is 6.92 Å². The number of carboxylic acid groups (broad SMARTS) is 1. The first-order chi connectivity index (χ1) is 14.9. The maximum atomic E-state index is 12.1. The summed E-state index contributed by atoms with van der Waals surface area (Å²) in [5.74, 6) is -0.823. The number of nitrogens with one attached hydrogen (secondary N) is 2. The zero-order valence-corrected chi connectivity index (χ0v) is 17.2. The van der Waals surface area contributed by atoms with Crippen molar-refractivity contribution in [3.63, 3.8) is 0 Å². The number of aromatic carboxylic acids is 1. The number of benzene rings is 3. The van der Waals surface area contributed by atoms with Gasteiger partial charge < -0.3 is 25.3 Å². The zero-order valence-electron chi connectivity index (χ0n) is 16.4. The molecule has 0 saturated heterocycles. The minimum absolute atomic E-state index is 0.00484. The number of thiocarbonyl (C=S) groups is 1. The van der Waals surface area contributed by atoms with Gasteiger partial charge in [0.15, 0.2) is 10.5 Å². The minimum Gasteiger partial charge on any atom is -0.508 e. The van der Waals surface area contributed by atoms with Crippen molar-refractivity contribution in [3.8, 4) is 28.2 Å². The first kappa shape index (κ1) is 20.4. The first-order valence-corrected chi connectivity index (χ1v) is 9.90. The van der Waals surface area contributed by atoms with E-state index in [4.69, 9.17) is 16.6 Å². The predicted octanol–water partition coefficient (Wildman–Crippen LogP) is 4.27. The summed E-state index contributed by atoms with van der Waals surface area (Å²) >= 11 is 5.19. The van der Waals surface area contributed by atoms with Crippen LogP contribution in [0, 0.1) is 0 Å². The Morgan fingerprint density at radius 2 is 1.84 bits per heavy atom. The molecule has 0 atom stereocenters. The van der Waals surface area contributed by atoms with Crippen molar-refractivity contribution < 1.29 is 19.4 Å². The quantitative estimate of drug-likeness (QED) is 0.278. The third-order valence-electron chi connectivity index (χ3n) is 4.79. The summed E-state index contributed by atoms with van der Waals surface area (Å²) in [6.07, 6.45) is 0. The number of anilines is 1. The fourth-order valence-electron chi connectivity index (χ4n) is 3.50. The number of hydrogen-bond acceptors (Lipinski definition) is 5. The van der Waals surface area contributed by atoms with E-state index >= 15 is 0 Å². The number of phenols is 1. The van der Waals surface area contributed by atoms with Gasteiger partial charge in [-0.05, 0) is 61.1 Å². The molecule has 4 rings (SSSR count). The molecular formula is C23H18N2O5S. The lowest BCUT2D eigenvalue weighted by Gasteiger charge is -2.18. The summed E-state index contributed by atoms with van der Waals surface area (Å²) in [4.78, 5) is 24.0. The summed E-state index contributed by atoms with van der Waals surface area (Å²) < 4.78 is 5.83. The number of carbonyl (C=O) groups is 1. The Bertz CT molecular complexity index is 1360. The summed E-state index contributed by atoms with van der Waals surface area (Å²) in [5.41, 5.74) is 2.30. The van der Waals surface area contributed by atoms with Crippen molar-refractivity contribution in [1.29, 1.82) is 0 Å². The van der Waals surface area contributed by atoms with E-state index in [2.05, 4.69) is 10.6 Å². The van der Waals surface area contributed by atoms with E-state index in [9.17, 15) is 19.8 Å². The van der Waals surface area contributed by atoms with E-state index in [0.717, 1.165) is 0 Å². The molecule has 0 saturated carbocycles. The highest BCUT2D eigenvalue weighted by molar-refractivity contribution is 7.80. The highest BCUT2D eigenvalue weighted by atomic mass is 32.1. The maximum Gasteiger partial charge on any atom is 0.336 e. The van der Waals surface area contributed by atoms with Gasteiger partial charge in [0.25, 0.3) is 0 Å². The molecule has 31 heavy (non-hydrogen) atoms. The molecule has 0 spiro atoms. The van der Waals surface area contributed by atoms with Gasteiger partial charge in [0, 0.05) is 40.9 Å². The summed E-state index contributed by atoms with van der Waals surface area (Å²) in [5, 5.41) is 26.7. The van der Waals surface area contributed by atoms with Crippen LogP contribution in [0.3, 0.4) is 0 Å². The van der Waals surface area contributed by atoms with Gasteiger partial charge in [-0.15, -0.1) is 0 Å². The van der Waals surface area contributed by atoms with Crippen LogP contribution in [-0.2, 0) is 0 Å². The zero-order chi connectivity index (χ0) is 22.1. The molecule has 0 aromatic heterocycles. The van der Waals surface area contributed by atoms with E-state index < -0.39 is 5.97 Å². The topological polar surface area (TPSA) is 112 Å². The molecule has 1 aliphatic carbocycles. The van der Waals surface area contributed by atoms with Gasteiger partial charge in [-0.25, -0.2) is 4.79 Å². The van der Waals surface area contributed by atoms with Crippen LogP contribution in [-0.4, -0.2) is 27.8 Å². The Balaban J connectivity index is 2.00. The fraction of sp³-hybridized carbons (Fsp3) is 0.0870. The molecule has 2 aliphatic rings. The smallest absolute Gasteiger partial charge is 0.336 e. The van der Waals surface area contributed by atoms with Crippen LogP contribution in [0.2, 0.25) is 0 Å². The Labute approximate surface area is 182 Å². The first-order valence-electron chi connectivity index (χ1n) is 9.49. The van der Waals surface area contributed by atoms with Crippen LogP contribution in [0.4, 0.5) is 5.69 Å². The van der Waals surface area contributed by atoms with Crippen molar-refractivity contribution in [1.82, 2.24) is 5.32 Å². The average molecular weight is 434 g/mol. The normalized spacial score (nSPS) is 10.9. The number of phenolic OH excluding ortho intramolecular Hbond substituents is 1. The molecule has 1 aliphatic heterocycles. The van der Waals surface area contributed by atoms with Crippen molar-refractivity contribution in [3.05, 3.63) is 70.4 Å². The van der Waals surface area contributed by atoms with Crippen LogP contribution < -0.4 is 16.1 Å². The maximum absolute atomic E-state index is 12.1. The fourth-order valence-corrected chi connectivity index (χ4v) is 3.76. The molecule has 2 aromatic carbocycles. The van der Waals surface area contributed by atoms with E-state index in [0.29, 0.717) is 50.8 Å². The van der Waals surface area contributed by atoms with Crippen LogP contribution >= 0.6 is 12.2 Å². The van der Waals surface area contributed by atoms with Crippen molar-refractivity contribution in [2.45, 2.75) is 6.92 Å². The molecule has 0 fully saturated rings. The van der Waals surface area contributed by atoms with Crippen LogP contribution in [0.25, 0.3) is 33.4 Å². The number of carboxylic acids is 1. The molecule has 1 heterocycles. The van der Waals surface area contributed by atoms with Gasteiger partial charge in [-0.3, -0.25) is 4.79 Å². The Morgan fingerprint density at radius 1 is 1.06 bits per heavy atom. The Hall–Kier alpha value is -3.91. The standard InChI is InChI=1S/C23H18N2O5S/c1-2-24-23(31)25-12-3-6-15(18(9-12)22(28)29)21-16-7-4-13(26)10-19(16)30-20-11-14(27)5-8-17(20)21/h3-11,26H,2H2,1H3,(H,28,29)(H2,24,25,31). The lowest BCUT2D eigenvalue weighted by Crippen LogP contribution is -2.28. The summed E-state index contributed by atoms with van der Waals surface area (Å²) in [6.45, 7) is 2.54. The third kappa shape index (κ3) is 3.93. The second kappa shape index (κ2) is 8.08. The second-order valence-electron chi connectivity index (χ2n) is 6.87. The Kier molecular flexibility index (Phi) is 5.31. The summed E-state index contributed by atoms with van der Waals surface area (Å²) in [7, 11) is 0. The van der Waals surface area contributed by atoms with Crippen molar-refractivity contribution >= 4 is 40.0 Å². The lowest BCUT2D eigenvalue weighted by atomic mass is 9.90. The molecule has 0 bridgehead atoms. The van der Waals surface area contributed by atoms with Crippen molar-refractivity contribution in [2.75, 3.05) is 11.9 Å². The number of hydrogen-bond donors (Lipinski definition) is 4. The molecule has 0 amide bonds. The van der Waals surface area contributed by atoms with Gasteiger partial charge in [0.2, 0.25) is 0 Å². The van der Waals surface area contributed by atoms with Crippen LogP contribution in [0.15, 0.2) is 63.8 Å². The molecule has 2 aromatic rings. The highest BCUT2D eigenvalue weighted by Crippen LogP contribution is 2.42. The number of aromatic hydroxyl groups is 1. The van der Waals surface area contributed by atoms with Crippen molar-refractivity contribution in [2.24, 2.45) is 0 Å². The van der Waals surface area contributed by atoms with E-state index in [-0.39, 0.29) is 16.7 Å². The molecule has 156 valence electrons. The predicted molar refractivity (Wildman–Crippen MR) is 123 cm³/mol. The highest BCUT2D eigenvalue weighted by Gasteiger charge is 2.22. The number of rotatable bonds is 4. The monoisotopic (exact) mass is 434 g/mol. The van der Waals surface area contributed by atoms with Crippen LogP contribution in [0.5, 0.6) is 5.75 Å². The van der Waals surface area contributed by atoms with Gasteiger partial charge >= 0.3 is 5.97 Å². The van der Waals surface area contributed by atoms with Crippen LogP contribution in [0.1, 0.15) is 17.3 Å². The van der Waals surface area contributed by atoms with E-state index in [1.54, 1.807) is 24.3 Å². The lowest BCUT2D eigenvalue weighted by molar-refractivity contribution is 0.0698. The molecule has 7 nitrogen and oxygen atoms in total. The molecule has 0 radical (unpaired) electrons. The largest absolute Gasteiger partial charge is 0.508 e. The van der Waals surface area contributed by atoms with Gasteiger partial charge in [-0.2, -0.15) is 0 Å². The minimum atomic E-state index is -1.12. The van der Waals surface area contributed by atoms with Gasteiger partial charge in [-0.1, -0.05) is 6.07 Å². The molecule has 8 heteroatoms. The van der Waals surface area contributed by atoms with E-state index in [1.165, 1.54) is 30.3 Å².